The molecule has 2 aliphatic carbocycles. The Kier molecular flexibility index (Phi) is 0.655. The Labute approximate surface area is 54.8 Å². The van der Waals surface area contributed by atoms with Crippen LogP contribution in [0.5, 0.6) is 0 Å². The highest BCUT2D eigenvalue weighted by atomic mass is 16.1. The van der Waals surface area contributed by atoms with Crippen LogP contribution < -0.4 is 0 Å². The van der Waals surface area contributed by atoms with Crippen LogP contribution in [0.3, 0.4) is 0 Å². The van der Waals surface area contributed by atoms with Gasteiger partial charge in [0.1, 0.15) is 5.78 Å². The van der Waals surface area contributed by atoms with Gasteiger partial charge in [0.25, 0.3) is 0 Å². The smallest absolute Gasteiger partial charge is 0.144 e. The summed E-state index contributed by atoms with van der Waals surface area (Å²) in [6.07, 6.45) is 2.97. The quantitative estimate of drug-likeness (QED) is 0.445. The van der Waals surface area contributed by atoms with E-state index in [0.717, 1.165) is 6.42 Å². The van der Waals surface area contributed by atoms with E-state index in [4.69, 9.17) is 0 Å². The maximum atomic E-state index is 10.9. The number of hydrogen-bond donors (Lipinski definition) is 0. The first kappa shape index (κ1) is 5.21. The maximum absolute atomic E-state index is 10.9. The predicted molar refractivity (Wildman–Crippen MR) is 35.0 cm³/mol. The van der Waals surface area contributed by atoms with Crippen molar-refractivity contribution in [2.75, 3.05) is 0 Å². The van der Waals surface area contributed by atoms with Crippen molar-refractivity contribution in [2.45, 2.75) is 20.3 Å². The van der Waals surface area contributed by atoms with Gasteiger partial charge in [-0.05, 0) is 5.41 Å². The number of ketones is 1. The van der Waals surface area contributed by atoms with Gasteiger partial charge in [-0.3, -0.25) is 4.79 Å². The predicted octanol–water partition coefficient (Wildman–Crippen LogP) is 1.54. The molecule has 1 nitrogen and oxygen atoms in total. The van der Waals surface area contributed by atoms with Crippen molar-refractivity contribution in [3.05, 3.63) is 11.6 Å². The van der Waals surface area contributed by atoms with Crippen molar-refractivity contribution in [1.29, 1.82) is 0 Å². The second-order valence-corrected chi connectivity index (χ2v) is 3.62. The first-order chi connectivity index (χ1) is 4.11. The molecule has 0 heterocycles. The molecule has 0 bridgehead atoms. The summed E-state index contributed by atoms with van der Waals surface area (Å²) in [5.74, 6) is 0.759. The fourth-order valence-corrected chi connectivity index (χ4v) is 1.97. The first-order valence-corrected chi connectivity index (χ1v) is 3.35. The normalized spacial score (nSPS) is 36.0. The van der Waals surface area contributed by atoms with Gasteiger partial charge in [-0.1, -0.05) is 25.5 Å². The molecule has 48 valence electrons. The van der Waals surface area contributed by atoms with Gasteiger partial charge in [0.05, 0.1) is 0 Å². The molecule has 9 heavy (non-hydrogen) atoms. The molecule has 1 saturated carbocycles. The van der Waals surface area contributed by atoms with E-state index in [1.807, 2.05) is 0 Å². The fourth-order valence-electron chi connectivity index (χ4n) is 1.97. The molecule has 0 aromatic carbocycles. The highest BCUT2D eigenvalue weighted by Gasteiger charge is 2.50. The molecule has 1 unspecified atom stereocenters. The van der Waals surface area contributed by atoms with Gasteiger partial charge in [0.2, 0.25) is 0 Å². The number of rotatable bonds is 0. The lowest BCUT2D eigenvalue weighted by Crippen LogP contribution is -2.47. The minimum absolute atomic E-state index is 0.199. The summed E-state index contributed by atoms with van der Waals surface area (Å²) in [6.45, 7) is 4.25. The van der Waals surface area contributed by atoms with E-state index in [1.165, 1.54) is 5.57 Å². The number of Topliss-reactive ketones (excluding diaryl/α,β-unsaturated/α-hetero) is 1. The fraction of sp³-hybridized carbons (Fsp3) is 0.625. The molecule has 0 spiro atoms. The van der Waals surface area contributed by atoms with E-state index >= 15 is 0 Å². The maximum Gasteiger partial charge on any atom is 0.144 e. The van der Waals surface area contributed by atoms with Crippen LogP contribution in [0.15, 0.2) is 11.6 Å². The molecule has 0 aromatic rings. The number of allylic oxidation sites excluding steroid dienone is 2. The van der Waals surface area contributed by atoms with Gasteiger partial charge in [0.15, 0.2) is 0 Å². The number of carbonyl (C=O) groups is 1. The van der Waals surface area contributed by atoms with Gasteiger partial charge < -0.3 is 0 Å². The Hall–Kier alpha value is -0.590. The zero-order chi connectivity index (χ0) is 6.65. The number of carbonyl (C=O) groups excluding carboxylic acids is 1. The third-order valence-corrected chi connectivity index (χ3v) is 2.37. The summed E-state index contributed by atoms with van der Waals surface area (Å²) in [5, 5.41) is 0. The van der Waals surface area contributed by atoms with Crippen LogP contribution in [-0.4, -0.2) is 5.78 Å². The lowest BCUT2D eigenvalue weighted by Gasteiger charge is -2.48. The SMILES string of the molecule is CC1(C)C=C2CC(=O)C21. The minimum atomic E-state index is 0.199. The third-order valence-electron chi connectivity index (χ3n) is 2.37. The van der Waals surface area contributed by atoms with Crippen molar-refractivity contribution < 1.29 is 4.79 Å². The molecule has 0 N–H and O–H groups in total. The molecule has 0 amide bonds. The van der Waals surface area contributed by atoms with Crippen molar-refractivity contribution in [3.63, 3.8) is 0 Å². The summed E-state index contributed by atoms with van der Waals surface area (Å²) in [4.78, 5) is 10.9. The van der Waals surface area contributed by atoms with Crippen molar-refractivity contribution in [2.24, 2.45) is 11.3 Å². The zero-order valence-corrected chi connectivity index (χ0v) is 5.77. The molecular weight excluding hydrogens is 112 g/mol. The average molecular weight is 122 g/mol. The van der Waals surface area contributed by atoms with Gasteiger partial charge in [0, 0.05) is 12.3 Å². The van der Waals surface area contributed by atoms with Crippen molar-refractivity contribution in [1.82, 2.24) is 0 Å². The van der Waals surface area contributed by atoms with Gasteiger partial charge in [-0.25, -0.2) is 0 Å². The zero-order valence-electron chi connectivity index (χ0n) is 5.77. The second-order valence-electron chi connectivity index (χ2n) is 3.62. The van der Waals surface area contributed by atoms with Crippen LogP contribution >= 0.6 is 0 Å². The Bertz CT molecular complexity index is 211. The summed E-state index contributed by atoms with van der Waals surface area (Å²) < 4.78 is 0. The van der Waals surface area contributed by atoms with Crippen LogP contribution in [0.1, 0.15) is 20.3 Å². The van der Waals surface area contributed by atoms with Crippen molar-refractivity contribution >= 4 is 5.78 Å². The lowest BCUT2D eigenvalue weighted by molar-refractivity contribution is -0.130. The topological polar surface area (TPSA) is 17.1 Å². The Balaban J connectivity index is 2.34. The number of hydrogen-bond acceptors (Lipinski definition) is 1. The van der Waals surface area contributed by atoms with E-state index in [0.29, 0.717) is 11.7 Å². The van der Waals surface area contributed by atoms with Crippen molar-refractivity contribution in [3.8, 4) is 0 Å². The van der Waals surface area contributed by atoms with E-state index in [1.54, 1.807) is 0 Å². The molecule has 0 aromatic heterocycles. The average Bonchev–Trinajstić information content (AvgIpc) is 1.60. The third kappa shape index (κ3) is 0.432. The van der Waals surface area contributed by atoms with Gasteiger partial charge in [-0.15, -0.1) is 0 Å². The van der Waals surface area contributed by atoms with Crippen LogP contribution in [0.2, 0.25) is 0 Å². The van der Waals surface area contributed by atoms with Gasteiger partial charge >= 0.3 is 0 Å². The van der Waals surface area contributed by atoms with Gasteiger partial charge in [-0.2, -0.15) is 0 Å². The Morgan fingerprint density at radius 2 is 2.33 bits per heavy atom. The van der Waals surface area contributed by atoms with Crippen LogP contribution in [0.4, 0.5) is 0 Å². The molecule has 0 aliphatic heterocycles. The molecule has 1 atom stereocenters. The van der Waals surface area contributed by atoms with Crippen LogP contribution in [-0.2, 0) is 4.79 Å². The molecule has 0 radical (unpaired) electrons. The van der Waals surface area contributed by atoms with E-state index in [2.05, 4.69) is 19.9 Å². The lowest BCUT2D eigenvalue weighted by atomic mass is 9.54. The standard InChI is InChI=1S/C8H10O/c1-8(2)4-5-3-6(9)7(5)8/h4,7H,3H2,1-2H3. The Morgan fingerprint density at radius 1 is 1.67 bits per heavy atom. The van der Waals surface area contributed by atoms with E-state index < -0.39 is 0 Å². The number of fused-ring (bicyclic) bond motifs is 1. The summed E-state index contributed by atoms with van der Waals surface area (Å²) in [6, 6.07) is 0. The molecule has 2 rings (SSSR count). The highest BCUT2D eigenvalue weighted by Crippen LogP contribution is 2.53. The molecule has 0 saturated heterocycles. The summed E-state index contributed by atoms with van der Waals surface area (Å²) in [5.41, 5.74) is 1.58. The molecule has 1 heteroatoms. The van der Waals surface area contributed by atoms with E-state index in [-0.39, 0.29) is 5.41 Å². The first-order valence-electron chi connectivity index (χ1n) is 3.35. The van der Waals surface area contributed by atoms with E-state index in [9.17, 15) is 4.79 Å². The second kappa shape index (κ2) is 1.13. The summed E-state index contributed by atoms with van der Waals surface area (Å²) >= 11 is 0. The highest BCUT2D eigenvalue weighted by molar-refractivity contribution is 5.97. The molecule has 2 aliphatic rings. The monoisotopic (exact) mass is 122 g/mol. The van der Waals surface area contributed by atoms with Crippen LogP contribution in [0, 0.1) is 11.3 Å². The molecular formula is C8H10O. The summed E-state index contributed by atoms with van der Waals surface area (Å²) in [7, 11) is 0. The minimum Gasteiger partial charge on any atom is -0.299 e. The van der Waals surface area contributed by atoms with Crippen LogP contribution in [0.25, 0.3) is 0 Å². The largest absolute Gasteiger partial charge is 0.299 e. The Morgan fingerprint density at radius 3 is 2.56 bits per heavy atom. The molecule has 1 fully saturated rings.